The minimum atomic E-state index is 0.0935. The van der Waals surface area contributed by atoms with E-state index in [-0.39, 0.29) is 5.54 Å². The molecule has 0 aliphatic carbocycles. The molecule has 110 valence electrons. The first-order chi connectivity index (χ1) is 10.0. The maximum Gasteiger partial charge on any atom is 0.0445 e. The van der Waals surface area contributed by atoms with Crippen molar-refractivity contribution in [3.63, 3.8) is 0 Å². The van der Waals surface area contributed by atoms with E-state index >= 15 is 0 Å². The summed E-state index contributed by atoms with van der Waals surface area (Å²) in [5.74, 6) is 0. The average Bonchev–Trinajstić information content (AvgIpc) is 2.56. The van der Waals surface area contributed by atoms with Crippen molar-refractivity contribution in [1.29, 1.82) is 0 Å². The molecule has 21 heavy (non-hydrogen) atoms. The number of nitrogens with one attached hydrogen (secondary N) is 1. The third-order valence-corrected chi connectivity index (χ3v) is 3.98. The van der Waals surface area contributed by atoms with Crippen molar-refractivity contribution < 1.29 is 0 Å². The first-order valence-corrected chi connectivity index (χ1v) is 7.52. The van der Waals surface area contributed by atoms with E-state index in [4.69, 9.17) is 0 Å². The van der Waals surface area contributed by atoms with Crippen LogP contribution < -0.4 is 10.2 Å². The van der Waals surface area contributed by atoms with Gasteiger partial charge in [0.05, 0.1) is 0 Å². The number of benzene rings is 1. The van der Waals surface area contributed by atoms with Gasteiger partial charge >= 0.3 is 0 Å². The highest BCUT2D eigenvalue weighted by Crippen LogP contribution is 2.27. The summed E-state index contributed by atoms with van der Waals surface area (Å²) in [6, 6.07) is 10.9. The molecule has 0 bridgehead atoms. The zero-order valence-electron chi connectivity index (χ0n) is 13.1. The molecule has 0 unspecified atom stereocenters. The molecule has 0 amide bonds. The van der Waals surface area contributed by atoms with Gasteiger partial charge in [-0.05, 0) is 43.5 Å². The lowest BCUT2D eigenvalue weighted by atomic mass is 10.1. The summed E-state index contributed by atoms with van der Waals surface area (Å²) >= 11 is 0. The fourth-order valence-electron chi connectivity index (χ4n) is 2.99. The van der Waals surface area contributed by atoms with E-state index in [0.717, 1.165) is 19.6 Å². The van der Waals surface area contributed by atoms with E-state index in [1.807, 2.05) is 12.4 Å². The van der Waals surface area contributed by atoms with Crippen LogP contribution in [-0.2, 0) is 13.1 Å². The number of pyridine rings is 1. The second-order valence-electron chi connectivity index (χ2n) is 6.59. The standard InChI is InChI=1S/C18H23N3/c1-14-8-15(10-19-9-14)12-21-13-18(2,3)20-11-16-6-4-5-7-17(16)21/h4-10,20H,11-13H2,1-3H3. The van der Waals surface area contributed by atoms with E-state index in [1.54, 1.807) is 0 Å². The Morgan fingerprint density at radius 1 is 1.24 bits per heavy atom. The van der Waals surface area contributed by atoms with Gasteiger partial charge in [0.25, 0.3) is 0 Å². The summed E-state index contributed by atoms with van der Waals surface area (Å²) in [7, 11) is 0. The molecule has 0 radical (unpaired) electrons. The lowest BCUT2D eigenvalue weighted by Crippen LogP contribution is -2.46. The van der Waals surface area contributed by atoms with Crippen molar-refractivity contribution in [3.8, 4) is 0 Å². The molecule has 1 aliphatic rings. The van der Waals surface area contributed by atoms with Gasteiger partial charge in [0, 0.05) is 43.3 Å². The number of aryl methyl sites for hydroxylation is 1. The van der Waals surface area contributed by atoms with E-state index < -0.39 is 0 Å². The Kier molecular flexibility index (Phi) is 3.68. The Morgan fingerprint density at radius 2 is 2.05 bits per heavy atom. The molecule has 0 saturated carbocycles. The fourth-order valence-corrected chi connectivity index (χ4v) is 2.99. The third-order valence-electron chi connectivity index (χ3n) is 3.98. The van der Waals surface area contributed by atoms with E-state index in [2.05, 4.69) is 66.3 Å². The zero-order chi connectivity index (χ0) is 14.9. The van der Waals surface area contributed by atoms with Crippen molar-refractivity contribution in [2.45, 2.75) is 39.4 Å². The van der Waals surface area contributed by atoms with Gasteiger partial charge in [0.2, 0.25) is 0 Å². The van der Waals surface area contributed by atoms with Crippen LogP contribution in [-0.4, -0.2) is 17.1 Å². The molecule has 3 rings (SSSR count). The average molecular weight is 281 g/mol. The van der Waals surface area contributed by atoms with E-state index in [1.165, 1.54) is 22.4 Å². The van der Waals surface area contributed by atoms with Crippen molar-refractivity contribution in [2.24, 2.45) is 0 Å². The van der Waals surface area contributed by atoms with Gasteiger partial charge in [0.1, 0.15) is 0 Å². The van der Waals surface area contributed by atoms with Crippen LogP contribution in [0.25, 0.3) is 0 Å². The van der Waals surface area contributed by atoms with Crippen molar-refractivity contribution in [3.05, 3.63) is 59.4 Å². The molecule has 0 spiro atoms. The Morgan fingerprint density at radius 3 is 2.86 bits per heavy atom. The van der Waals surface area contributed by atoms with Gasteiger partial charge in [0.15, 0.2) is 0 Å². The molecule has 3 heteroatoms. The maximum atomic E-state index is 4.32. The Balaban J connectivity index is 1.94. The number of para-hydroxylation sites is 1. The molecular weight excluding hydrogens is 258 g/mol. The summed E-state index contributed by atoms with van der Waals surface area (Å²) in [4.78, 5) is 6.79. The Labute approximate surface area is 127 Å². The third kappa shape index (κ3) is 3.24. The van der Waals surface area contributed by atoms with Crippen LogP contribution in [0.2, 0.25) is 0 Å². The van der Waals surface area contributed by atoms with Crippen molar-refractivity contribution in [2.75, 3.05) is 11.4 Å². The number of rotatable bonds is 2. The summed E-state index contributed by atoms with van der Waals surface area (Å²) in [5, 5.41) is 3.65. The highest BCUT2D eigenvalue weighted by atomic mass is 15.2. The lowest BCUT2D eigenvalue weighted by molar-refractivity contribution is 0.395. The second-order valence-corrected chi connectivity index (χ2v) is 6.59. The van der Waals surface area contributed by atoms with E-state index in [0.29, 0.717) is 0 Å². The van der Waals surface area contributed by atoms with Gasteiger partial charge in [-0.15, -0.1) is 0 Å². The smallest absolute Gasteiger partial charge is 0.0445 e. The zero-order valence-corrected chi connectivity index (χ0v) is 13.1. The van der Waals surface area contributed by atoms with Gasteiger partial charge < -0.3 is 10.2 Å². The summed E-state index contributed by atoms with van der Waals surface area (Å²) in [5.41, 5.74) is 5.27. The van der Waals surface area contributed by atoms with Crippen LogP contribution in [0.15, 0.2) is 42.7 Å². The molecule has 1 aromatic carbocycles. The van der Waals surface area contributed by atoms with Gasteiger partial charge in [-0.25, -0.2) is 0 Å². The quantitative estimate of drug-likeness (QED) is 0.915. The predicted molar refractivity (Wildman–Crippen MR) is 87.4 cm³/mol. The van der Waals surface area contributed by atoms with Gasteiger partial charge in [-0.2, -0.15) is 0 Å². The monoisotopic (exact) mass is 281 g/mol. The van der Waals surface area contributed by atoms with Crippen molar-refractivity contribution >= 4 is 5.69 Å². The van der Waals surface area contributed by atoms with Crippen LogP contribution in [0.5, 0.6) is 0 Å². The van der Waals surface area contributed by atoms with E-state index in [9.17, 15) is 0 Å². The van der Waals surface area contributed by atoms with Gasteiger partial charge in [-0.1, -0.05) is 24.3 Å². The number of nitrogens with zero attached hydrogens (tertiary/aromatic N) is 2. The normalized spacial score (nSPS) is 17.2. The number of fused-ring (bicyclic) bond motifs is 1. The molecule has 0 atom stereocenters. The largest absolute Gasteiger partial charge is 0.365 e. The lowest BCUT2D eigenvalue weighted by Gasteiger charge is -2.32. The Bertz CT molecular complexity index is 634. The van der Waals surface area contributed by atoms with Crippen molar-refractivity contribution in [1.82, 2.24) is 10.3 Å². The van der Waals surface area contributed by atoms with Gasteiger partial charge in [-0.3, -0.25) is 4.98 Å². The first kappa shape index (κ1) is 14.1. The van der Waals surface area contributed by atoms with Crippen LogP contribution >= 0.6 is 0 Å². The fraction of sp³-hybridized carbons (Fsp3) is 0.389. The number of aromatic nitrogens is 1. The highest BCUT2D eigenvalue weighted by Gasteiger charge is 2.26. The molecule has 3 nitrogen and oxygen atoms in total. The Hall–Kier alpha value is -1.87. The van der Waals surface area contributed by atoms with Crippen LogP contribution in [0.3, 0.4) is 0 Å². The maximum absolute atomic E-state index is 4.32. The summed E-state index contributed by atoms with van der Waals surface area (Å²) in [6.07, 6.45) is 3.88. The van der Waals surface area contributed by atoms with Crippen LogP contribution in [0.4, 0.5) is 5.69 Å². The SMILES string of the molecule is Cc1cncc(CN2CC(C)(C)NCc3ccccc32)c1. The number of hydrogen-bond donors (Lipinski definition) is 1. The molecule has 1 aliphatic heterocycles. The first-order valence-electron chi connectivity index (χ1n) is 7.52. The molecule has 0 saturated heterocycles. The summed E-state index contributed by atoms with van der Waals surface area (Å²) in [6.45, 7) is 9.43. The van der Waals surface area contributed by atoms with Crippen LogP contribution in [0.1, 0.15) is 30.5 Å². The molecular formula is C18H23N3. The van der Waals surface area contributed by atoms with Crippen LogP contribution in [0, 0.1) is 6.92 Å². The minimum absolute atomic E-state index is 0.0935. The molecule has 1 N–H and O–H groups in total. The topological polar surface area (TPSA) is 28.2 Å². The number of anilines is 1. The molecule has 1 aromatic heterocycles. The summed E-state index contributed by atoms with van der Waals surface area (Å²) < 4.78 is 0. The highest BCUT2D eigenvalue weighted by molar-refractivity contribution is 5.55. The molecule has 0 fully saturated rings. The number of hydrogen-bond acceptors (Lipinski definition) is 3. The second kappa shape index (κ2) is 5.49. The minimum Gasteiger partial charge on any atom is -0.365 e. The molecule has 2 heterocycles. The predicted octanol–water partition coefficient (Wildman–Crippen LogP) is 3.28. The molecule has 2 aromatic rings.